The zero-order valence-electron chi connectivity index (χ0n) is 8.10. The van der Waals surface area contributed by atoms with Crippen LogP contribution >= 0.6 is 0 Å². The van der Waals surface area contributed by atoms with Gasteiger partial charge in [0.05, 0.1) is 0 Å². The summed E-state index contributed by atoms with van der Waals surface area (Å²) in [5.74, 6) is 0. The van der Waals surface area contributed by atoms with Crippen LogP contribution in [-0.2, 0) is 0 Å². The summed E-state index contributed by atoms with van der Waals surface area (Å²) in [6.07, 6.45) is 8.71. The summed E-state index contributed by atoms with van der Waals surface area (Å²) in [7, 11) is 0. The molecule has 62 valence electrons. The van der Waals surface area contributed by atoms with E-state index in [4.69, 9.17) is 0 Å². The first-order chi connectivity index (χ1) is 4.83. The van der Waals surface area contributed by atoms with E-state index in [9.17, 15) is 0 Å². The summed E-state index contributed by atoms with van der Waals surface area (Å²) in [6.45, 7) is 11.3. The van der Waals surface area contributed by atoms with Gasteiger partial charge in [0, 0.05) is 0 Å². The van der Waals surface area contributed by atoms with Crippen molar-refractivity contribution in [1.29, 1.82) is 0 Å². The maximum Gasteiger partial charge on any atom is 2.00 e. The SMILES string of the molecule is [CH2-]C=CC.[CH2-]CCCCC.[Mg+2]. The molecule has 0 aliphatic rings. The van der Waals surface area contributed by atoms with Crippen LogP contribution in [0.5, 0.6) is 0 Å². The molecule has 0 aliphatic carbocycles. The molecule has 0 aromatic heterocycles. The molecule has 0 unspecified atom stereocenters. The Hall–Kier alpha value is 0.376. The summed E-state index contributed by atoms with van der Waals surface area (Å²) >= 11 is 0. The first-order valence-electron chi connectivity index (χ1n) is 4.03. The number of hydrogen-bond acceptors (Lipinski definition) is 0. The van der Waals surface area contributed by atoms with Crippen LogP contribution in [0.25, 0.3) is 0 Å². The van der Waals surface area contributed by atoms with Gasteiger partial charge < -0.3 is 6.92 Å². The zero-order chi connectivity index (χ0) is 8.24. The summed E-state index contributed by atoms with van der Waals surface area (Å²) in [6, 6.07) is 0. The average molecular weight is 165 g/mol. The molecule has 0 amide bonds. The predicted octanol–water partition coefficient (Wildman–Crippen LogP) is 3.42. The van der Waals surface area contributed by atoms with Crippen molar-refractivity contribution in [2.45, 2.75) is 39.5 Å². The van der Waals surface area contributed by atoms with Crippen LogP contribution in [0.3, 0.4) is 0 Å². The second-order valence-corrected chi connectivity index (χ2v) is 2.13. The molecule has 0 aromatic carbocycles. The number of hydrogen-bond donors (Lipinski definition) is 0. The van der Waals surface area contributed by atoms with Crippen molar-refractivity contribution < 1.29 is 0 Å². The molecule has 0 aromatic rings. The minimum atomic E-state index is 0. The Balaban J connectivity index is -0.000000114. The van der Waals surface area contributed by atoms with Gasteiger partial charge in [0.1, 0.15) is 0 Å². The minimum absolute atomic E-state index is 0. The monoisotopic (exact) mass is 164 g/mol. The average Bonchev–Trinajstić information content (AvgIpc) is 2.01. The fraction of sp³-hybridized carbons (Fsp3) is 0.600. The largest absolute Gasteiger partial charge is 2.00 e. The Morgan fingerprint density at radius 1 is 1.27 bits per heavy atom. The van der Waals surface area contributed by atoms with E-state index < -0.39 is 0 Å². The Morgan fingerprint density at radius 3 is 1.82 bits per heavy atom. The van der Waals surface area contributed by atoms with Crippen LogP contribution in [0, 0.1) is 13.8 Å². The third-order valence-electron chi connectivity index (χ3n) is 1.09. The van der Waals surface area contributed by atoms with Gasteiger partial charge in [-0.2, -0.15) is 6.42 Å². The standard InChI is InChI=1S/C6H13.C4H7.Mg/c1-3-5-6-4-2;1-3-4-2;/h1,3-6H2,2H3;3-4H,1H2,2H3;/q2*-1;+2. The van der Waals surface area contributed by atoms with Crippen LogP contribution in [0.2, 0.25) is 0 Å². The number of allylic oxidation sites excluding steroid dienone is 2. The molecule has 0 fully saturated rings. The van der Waals surface area contributed by atoms with Crippen LogP contribution in [0.4, 0.5) is 0 Å². The number of unbranched alkanes of at least 4 members (excludes halogenated alkanes) is 3. The summed E-state index contributed by atoms with van der Waals surface area (Å²) < 4.78 is 0. The third-order valence-corrected chi connectivity index (χ3v) is 1.09. The van der Waals surface area contributed by atoms with Gasteiger partial charge in [-0.15, -0.1) is 6.92 Å². The predicted molar refractivity (Wildman–Crippen MR) is 55.4 cm³/mol. The fourth-order valence-corrected chi connectivity index (χ4v) is 0.427. The van der Waals surface area contributed by atoms with Crippen molar-refractivity contribution in [1.82, 2.24) is 0 Å². The molecule has 0 radical (unpaired) electrons. The Kier molecular flexibility index (Phi) is 35.6. The second-order valence-electron chi connectivity index (χ2n) is 2.13. The van der Waals surface area contributed by atoms with E-state index in [0.29, 0.717) is 0 Å². The van der Waals surface area contributed by atoms with Gasteiger partial charge >= 0.3 is 23.1 Å². The maximum absolute atomic E-state index is 3.72. The summed E-state index contributed by atoms with van der Waals surface area (Å²) in [5, 5.41) is 0. The van der Waals surface area contributed by atoms with E-state index in [0.717, 1.165) is 6.42 Å². The molecule has 0 nitrogen and oxygen atoms in total. The van der Waals surface area contributed by atoms with Crippen molar-refractivity contribution in [3.63, 3.8) is 0 Å². The summed E-state index contributed by atoms with van der Waals surface area (Å²) in [5.41, 5.74) is 0. The van der Waals surface area contributed by atoms with E-state index in [2.05, 4.69) is 20.8 Å². The molecule has 1 heteroatoms. The van der Waals surface area contributed by atoms with Crippen LogP contribution < -0.4 is 0 Å². The molecule has 0 N–H and O–H groups in total. The van der Waals surface area contributed by atoms with Crippen molar-refractivity contribution in [2.75, 3.05) is 0 Å². The van der Waals surface area contributed by atoms with E-state index in [-0.39, 0.29) is 23.1 Å². The van der Waals surface area contributed by atoms with E-state index in [1.807, 2.05) is 13.0 Å². The normalized spacial score (nSPS) is 8.27. The molecule has 0 spiro atoms. The molecular formula is C10H20Mg. The van der Waals surface area contributed by atoms with Gasteiger partial charge in [-0.3, -0.25) is 0 Å². The van der Waals surface area contributed by atoms with Gasteiger partial charge in [-0.05, 0) is 0 Å². The minimum Gasteiger partial charge on any atom is -0.343 e. The van der Waals surface area contributed by atoms with Crippen LogP contribution in [-0.4, -0.2) is 23.1 Å². The number of rotatable bonds is 3. The van der Waals surface area contributed by atoms with Gasteiger partial charge in [0.15, 0.2) is 0 Å². The summed E-state index contributed by atoms with van der Waals surface area (Å²) in [4.78, 5) is 0. The Morgan fingerprint density at radius 2 is 1.73 bits per heavy atom. The van der Waals surface area contributed by atoms with Crippen molar-refractivity contribution >= 4 is 23.1 Å². The zero-order valence-corrected chi connectivity index (χ0v) is 9.52. The van der Waals surface area contributed by atoms with Crippen molar-refractivity contribution in [2.24, 2.45) is 0 Å². The smallest absolute Gasteiger partial charge is 0.343 e. The molecule has 0 rings (SSSR count). The van der Waals surface area contributed by atoms with Gasteiger partial charge in [-0.25, -0.2) is 19.1 Å². The molecule has 0 aliphatic heterocycles. The molecule has 0 atom stereocenters. The molecule has 0 saturated heterocycles. The van der Waals surface area contributed by atoms with Gasteiger partial charge in [-0.1, -0.05) is 26.2 Å². The Labute approximate surface area is 88.6 Å². The molecule has 0 bridgehead atoms. The van der Waals surface area contributed by atoms with E-state index in [1.165, 1.54) is 19.3 Å². The van der Waals surface area contributed by atoms with Crippen molar-refractivity contribution in [3.05, 3.63) is 26.0 Å². The van der Waals surface area contributed by atoms with E-state index in [1.54, 1.807) is 6.08 Å². The third kappa shape index (κ3) is 38.0. The first kappa shape index (κ1) is 17.5. The quantitative estimate of drug-likeness (QED) is 0.341. The molecule has 11 heavy (non-hydrogen) atoms. The molecule has 0 heterocycles. The fourth-order valence-electron chi connectivity index (χ4n) is 0.427. The van der Waals surface area contributed by atoms with E-state index >= 15 is 0 Å². The molecule has 0 saturated carbocycles. The molecular weight excluding hydrogens is 144 g/mol. The van der Waals surface area contributed by atoms with Gasteiger partial charge in [0.25, 0.3) is 0 Å². The first-order valence-corrected chi connectivity index (χ1v) is 4.03. The Bertz CT molecular complexity index is 49.9. The van der Waals surface area contributed by atoms with Gasteiger partial charge in [0.2, 0.25) is 0 Å². The topological polar surface area (TPSA) is 0 Å². The van der Waals surface area contributed by atoms with Crippen LogP contribution in [0.1, 0.15) is 39.5 Å². The van der Waals surface area contributed by atoms with Crippen LogP contribution in [0.15, 0.2) is 12.2 Å². The van der Waals surface area contributed by atoms with Crippen molar-refractivity contribution in [3.8, 4) is 0 Å². The maximum atomic E-state index is 3.72. The second kappa shape index (κ2) is 22.4.